The molecular weight excluding hydrogens is 352 g/mol. The number of anilines is 1. The Labute approximate surface area is 162 Å². The number of rotatable bonds is 4. The third-order valence-corrected chi connectivity index (χ3v) is 4.76. The summed E-state index contributed by atoms with van der Waals surface area (Å²) in [6.07, 6.45) is 5.98. The van der Waals surface area contributed by atoms with Crippen molar-refractivity contribution in [2.45, 2.75) is 25.8 Å². The summed E-state index contributed by atoms with van der Waals surface area (Å²) < 4.78 is 0. The van der Waals surface area contributed by atoms with Gasteiger partial charge < -0.3 is 10.6 Å². The predicted molar refractivity (Wildman–Crippen MR) is 109 cm³/mol. The monoisotopic (exact) mass is 372 g/mol. The maximum absolute atomic E-state index is 12.3. The summed E-state index contributed by atoms with van der Waals surface area (Å²) in [5.41, 5.74) is 5.20. The number of fused-ring (bicyclic) bond motifs is 2. The standard InChI is InChI=1S/C22H20N4O2/c1-14(15-6-9-18-16(12-15)7-10-22(28)26-18)24-21(27)11-8-17-13-23-19-4-2-3-5-20(19)25-17/h2-6,8-9,11-14H,7,10H2,1H3,(H,24,27)(H,26,28). The number of nitrogens with one attached hydrogen (secondary N) is 2. The second kappa shape index (κ2) is 7.60. The van der Waals surface area contributed by atoms with Crippen LogP contribution in [-0.2, 0) is 16.0 Å². The molecule has 1 unspecified atom stereocenters. The normalized spacial score (nSPS) is 14.5. The van der Waals surface area contributed by atoms with Gasteiger partial charge in [-0.15, -0.1) is 0 Å². The SMILES string of the molecule is CC(NC(=O)C=Cc1cnc2ccccc2n1)c1ccc2c(c1)CCC(=O)N2. The van der Waals surface area contributed by atoms with Gasteiger partial charge in [0.05, 0.1) is 29.0 Å². The summed E-state index contributed by atoms with van der Waals surface area (Å²) >= 11 is 0. The molecule has 0 fully saturated rings. The fraction of sp³-hybridized carbons (Fsp3) is 0.182. The number of aromatic nitrogens is 2. The molecule has 0 saturated heterocycles. The molecule has 140 valence electrons. The molecule has 0 aliphatic carbocycles. The van der Waals surface area contributed by atoms with E-state index in [9.17, 15) is 9.59 Å². The molecule has 0 spiro atoms. The van der Waals surface area contributed by atoms with Gasteiger partial charge in [-0.05, 0) is 48.7 Å². The lowest BCUT2D eigenvalue weighted by molar-refractivity contribution is -0.117. The lowest BCUT2D eigenvalue weighted by Gasteiger charge is -2.20. The average molecular weight is 372 g/mol. The van der Waals surface area contributed by atoms with Gasteiger partial charge in [-0.25, -0.2) is 4.98 Å². The maximum Gasteiger partial charge on any atom is 0.244 e. The van der Waals surface area contributed by atoms with Crippen molar-refractivity contribution in [2.75, 3.05) is 5.32 Å². The van der Waals surface area contributed by atoms with Gasteiger partial charge in [0, 0.05) is 18.2 Å². The van der Waals surface area contributed by atoms with Crippen LogP contribution in [0.5, 0.6) is 0 Å². The van der Waals surface area contributed by atoms with E-state index in [0.717, 1.165) is 34.3 Å². The molecule has 3 aromatic rings. The van der Waals surface area contributed by atoms with Crippen molar-refractivity contribution in [2.24, 2.45) is 0 Å². The lowest BCUT2D eigenvalue weighted by atomic mass is 9.98. The van der Waals surface area contributed by atoms with E-state index in [4.69, 9.17) is 0 Å². The average Bonchev–Trinajstić information content (AvgIpc) is 2.71. The third-order valence-electron chi connectivity index (χ3n) is 4.76. The van der Waals surface area contributed by atoms with Gasteiger partial charge in [0.2, 0.25) is 11.8 Å². The van der Waals surface area contributed by atoms with Crippen molar-refractivity contribution >= 4 is 34.6 Å². The zero-order chi connectivity index (χ0) is 19.5. The van der Waals surface area contributed by atoms with Crippen LogP contribution in [0.25, 0.3) is 17.1 Å². The van der Waals surface area contributed by atoms with E-state index in [0.29, 0.717) is 12.1 Å². The Bertz CT molecular complexity index is 1090. The van der Waals surface area contributed by atoms with Crippen LogP contribution in [-0.4, -0.2) is 21.8 Å². The van der Waals surface area contributed by atoms with E-state index in [1.807, 2.05) is 49.4 Å². The molecule has 6 nitrogen and oxygen atoms in total. The maximum atomic E-state index is 12.3. The van der Waals surface area contributed by atoms with Crippen LogP contribution in [0.1, 0.15) is 36.2 Å². The first kappa shape index (κ1) is 17.9. The van der Waals surface area contributed by atoms with Crippen LogP contribution >= 0.6 is 0 Å². The van der Waals surface area contributed by atoms with Gasteiger partial charge in [-0.3, -0.25) is 14.6 Å². The van der Waals surface area contributed by atoms with Gasteiger partial charge in [0.25, 0.3) is 0 Å². The van der Waals surface area contributed by atoms with E-state index in [2.05, 4.69) is 20.6 Å². The summed E-state index contributed by atoms with van der Waals surface area (Å²) in [6.45, 7) is 1.94. The Morgan fingerprint density at radius 1 is 1.18 bits per heavy atom. The first-order valence-corrected chi connectivity index (χ1v) is 9.21. The molecule has 1 aromatic heterocycles. The number of amides is 2. The van der Waals surface area contributed by atoms with Crippen molar-refractivity contribution in [3.8, 4) is 0 Å². The second-order valence-corrected chi connectivity index (χ2v) is 6.81. The molecular formula is C22H20N4O2. The van der Waals surface area contributed by atoms with Crippen LogP contribution in [0, 0.1) is 0 Å². The Morgan fingerprint density at radius 2 is 2.00 bits per heavy atom. The Hall–Kier alpha value is -3.54. The Morgan fingerprint density at radius 3 is 2.86 bits per heavy atom. The number of aryl methyl sites for hydroxylation is 1. The molecule has 2 aromatic carbocycles. The minimum atomic E-state index is -0.200. The predicted octanol–water partition coefficient (Wildman–Crippen LogP) is 3.41. The quantitative estimate of drug-likeness (QED) is 0.688. The number of carbonyl (C=O) groups excluding carboxylic acids is 2. The molecule has 28 heavy (non-hydrogen) atoms. The van der Waals surface area contributed by atoms with Gasteiger partial charge in [0.15, 0.2) is 0 Å². The highest BCUT2D eigenvalue weighted by Gasteiger charge is 2.16. The van der Waals surface area contributed by atoms with Crippen LogP contribution in [0.4, 0.5) is 5.69 Å². The number of nitrogens with zero attached hydrogens (tertiary/aromatic N) is 2. The summed E-state index contributed by atoms with van der Waals surface area (Å²) in [5, 5.41) is 5.83. The zero-order valence-corrected chi connectivity index (χ0v) is 15.5. The largest absolute Gasteiger partial charge is 0.346 e. The molecule has 2 amide bonds. The second-order valence-electron chi connectivity index (χ2n) is 6.81. The Kier molecular flexibility index (Phi) is 4.85. The van der Waals surface area contributed by atoms with Crippen molar-refractivity contribution in [3.63, 3.8) is 0 Å². The summed E-state index contributed by atoms with van der Waals surface area (Å²) in [7, 11) is 0. The number of hydrogen-bond donors (Lipinski definition) is 2. The third kappa shape index (κ3) is 3.91. The molecule has 0 bridgehead atoms. The van der Waals surface area contributed by atoms with Crippen molar-refractivity contribution in [1.29, 1.82) is 0 Å². The summed E-state index contributed by atoms with van der Waals surface area (Å²) in [4.78, 5) is 32.6. The summed E-state index contributed by atoms with van der Waals surface area (Å²) in [5.74, 6) is -0.156. The first-order valence-electron chi connectivity index (χ1n) is 9.21. The fourth-order valence-corrected chi connectivity index (χ4v) is 3.23. The van der Waals surface area contributed by atoms with Gasteiger partial charge in [-0.1, -0.05) is 24.3 Å². The minimum Gasteiger partial charge on any atom is -0.346 e. The van der Waals surface area contributed by atoms with E-state index in [-0.39, 0.29) is 17.9 Å². The molecule has 1 aliphatic rings. The minimum absolute atomic E-state index is 0.0449. The molecule has 2 heterocycles. The fourth-order valence-electron chi connectivity index (χ4n) is 3.23. The molecule has 0 saturated carbocycles. The summed E-state index contributed by atoms with van der Waals surface area (Å²) in [6, 6.07) is 13.3. The van der Waals surface area contributed by atoms with Crippen LogP contribution in [0.2, 0.25) is 0 Å². The molecule has 4 rings (SSSR count). The van der Waals surface area contributed by atoms with Crippen molar-refractivity contribution < 1.29 is 9.59 Å². The van der Waals surface area contributed by atoms with E-state index < -0.39 is 0 Å². The molecule has 0 radical (unpaired) electrons. The van der Waals surface area contributed by atoms with Gasteiger partial charge in [0.1, 0.15) is 0 Å². The molecule has 1 aliphatic heterocycles. The highest BCUT2D eigenvalue weighted by atomic mass is 16.2. The zero-order valence-electron chi connectivity index (χ0n) is 15.5. The van der Waals surface area contributed by atoms with E-state index >= 15 is 0 Å². The first-order chi connectivity index (χ1) is 13.6. The number of benzene rings is 2. The van der Waals surface area contributed by atoms with Crippen LogP contribution < -0.4 is 10.6 Å². The number of hydrogen-bond acceptors (Lipinski definition) is 4. The Balaban J connectivity index is 1.42. The van der Waals surface area contributed by atoms with Crippen molar-refractivity contribution in [3.05, 3.63) is 71.6 Å². The lowest BCUT2D eigenvalue weighted by Crippen LogP contribution is -2.25. The van der Waals surface area contributed by atoms with E-state index in [1.165, 1.54) is 6.08 Å². The van der Waals surface area contributed by atoms with Gasteiger partial charge in [-0.2, -0.15) is 0 Å². The smallest absolute Gasteiger partial charge is 0.244 e. The van der Waals surface area contributed by atoms with Crippen LogP contribution in [0.15, 0.2) is 54.7 Å². The topological polar surface area (TPSA) is 84.0 Å². The highest BCUT2D eigenvalue weighted by Crippen LogP contribution is 2.26. The molecule has 6 heteroatoms. The number of para-hydroxylation sites is 2. The molecule has 1 atom stereocenters. The highest BCUT2D eigenvalue weighted by molar-refractivity contribution is 5.94. The van der Waals surface area contributed by atoms with Crippen molar-refractivity contribution in [1.82, 2.24) is 15.3 Å². The van der Waals surface area contributed by atoms with Crippen LogP contribution in [0.3, 0.4) is 0 Å². The number of carbonyl (C=O) groups is 2. The van der Waals surface area contributed by atoms with Gasteiger partial charge >= 0.3 is 0 Å². The van der Waals surface area contributed by atoms with E-state index in [1.54, 1.807) is 12.3 Å². The molecule has 2 N–H and O–H groups in total.